The van der Waals surface area contributed by atoms with Crippen LogP contribution in [-0.2, 0) is 4.74 Å². The molecular formula is C12H19BrN2O2. The molecule has 5 heteroatoms. The van der Waals surface area contributed by atoms with Crippen molar-refractivity contribution < 1.29 is 9.84 Å². The summed E-state index contributed by atoms with van der Waals surface area (Å²) in [7, 11) is 1.63. The number of rotatable bonds is 6. The molecule has 0 spiro atoms. The second kappa shape index (κ2) is 6.33. The smallest absolute Gasteiger partial charge is 0.129 e. The van der Waals surface area contributed by atoms with E-state index in [1.165, 1.54) is 0 Å². The van der Waals surface area contributed by atoms with Gasteiger partial charge in [0.15, 0.2) is 0 Å². The first-order valence-corrected chi connectivity index (χ1v) is 6.31. The van der Waals surface area contributed by atoms with Crippen molar-refractivity contribution in [1.82, 2.24) is 4.98 Å². The van der Waals surface area contributed by atoms with E-state index >= 15 is 0 Å². The molecule has 0 fully saturated rings. The predicted molar refractivity (Wildman–Crippen MR) is 72.3 cm³/mol. The summed E-state index contributed by atoms with van der Waals surface area (Å²) in [4.78, 5) is 4.26. The number of methoxy groups -OCH3 is 1. The van der Waals surface area contributed by atoms with Crippen molar-refractivity contribution in [2.45, 2.75) is 25.9 Å². The molecule has 1 rings (SSSR count). The van der Waals surface area contributed by atoms with Crippen molar-refractivity contribution in [3.63, 3.8) is 0 Å². The number of pyridine rings is 1. The molecule has 4 nitrogen and oxygen atoms in total. The van der Waals surface area contributed by atoms with Crippen molar-refractivity contribution in [2.24, 2.45) is 0 Å². The van der Waals surface area contributed by atoms with E-state index in [0.29, 0.717) is 19.6 Å². The van der Waals surface area contributed by atoms with Crippen LogP contribution in [0.1, 0.15) is 18.9 Å². The predicted octanol–water partition coefficient (Wildman–Crippen LogP) is 2.35. The Kier molecular flexibility index (Phi) is 5.36. The maximum absolute atomic E-state index is 10.1. The van der Waals surface area contributed by atoms with Crippen LogP contribution in [0.25, 0.3) is 0 Å². The summed E-state index contributed by atoms with van der Waals surface area (Å²) >= 11 is 3.36. The zero-order valence-corrected chi connectivity index (χ0v) is 12.0. The number of hydrogen-bond donors (Lipinski definition) is 2. The lowest BCUT2D eigenvalue weighted by Crippen LogP contribution is -2.35. The summed E-state index contributed by atoms with van der Waals surface area (Å²) in [5, 5.41) is 13.2. The van der Waals surface area contributed by atoms with Gasteiger partial charge in [-0.3, -0.25) is 0 Å². The van der Waals surface area contributed by atoms with Gasteiger partial charge in [-0.05, 0) is 41.4 Å². The van der Waals surface area contributed by atoms with E-state index in [9.17, 15) is 5.11 Å². The molecular weight excluding hydrogens is 284 g/mol. The van der Waals surface area contributed by atoms with Gasteiger partial charge < -0.3 is 15.2 Å². The summed E-state index contributed by atoms with van der Waals surface area (Å²) in [6.45, 7) is 4.75. The maximum Gasteiger partial charge on any atom is 0.129 e. The number of nitrogens with zero attached hydrogens (tertiary/aromatic N) is 1. The number of ether oxygens (including phenoxy) is 1. The second-order valence-corrected chi connectivity index (χ2v) is 5.33. The fourth-order valence-electron chi connectivity index (χ4n) is 1.41. The standard InChI is InChI=1S/C12H19BrN2O2/c1-9-6-10(13)7-14-11(9)15-8-12(2,16)4-5-17-3/h6-7,16H,4-5,8H2,1-3H3,(H,14,15). The van der Waals surface area contributed by atoms with Crippen LogP contribution in [0.3, 0.4) is 0 Å². The Hall–Kier alpha value is -0.650. The number of aryl methyl sites for hydroxylation is 1. The molecule has 0 saturated heterocycles. The molecule has 0 saturated carbocycles. The highest BCUT2D eigenvalue weighted by Crippen LogP contribution is 2.18. The van der Waals surface area contributed by atoms with Crippen LogP contribution < -0.4 is 5.32 Å². The SMILES string of the molecule is COCCC(C)(O)CNc1ncc(Br)cc1C. The molecule has 1 aromatic heterocycles. The van der Waals surface area contributed by atoms with Gasteiger partial charge in [0.25, 0.3) is 0 Å². The largest absolute Gasteiger partial charge is 0.388 e. The molecule has 0 radical (unpaired) electrons. The van der Waals surface area contributed by atoms with Gasteiger partial charge in [0, 0.05) is 37.4 Å². The van der Waals surface area contributed by atoms with Gasteiger partial charge in [0.1, 0.15) is 5.82 Å². The molecule has 17 heavy (non-hydrogen) atoms. The highest BCUT2D eigenvalue weighted by atomic mass is 79.9. The fraction of sp³-hybridized carbons (Fsp3) is 0.583. The zero-order chi connectivity index (χ0) is 12.9. The van der Waals surface area contributed by atoms with Crippen molar-refractivity contribution in [2.75, 3.05) is 25.6 Å². The van der Waals surface area contributed by atoms with Gasteiger partial charge in [-0.25, -0.2) is 4.98 Å². The Morgan fingerprint density at radius 2 is 2.29 bits per heavy atom. The number of anilines is 1. The normalized spacial score (nSPS) is 14.4. The van der Waals surface area contributed by atoms with Crippen LogP contribution >= 0.6 is 15.9 Å². The van der Waals surface area contributed by atoms with Crippen molar-refractivity contribution in [3.8, 4) is 0 Å². The lowest BCUT2D eigenvalue weighted by Gasteiger charge is -2.24. The van der Waals surface area contributed by atoms with Crippen LogP contribution in [0.2, 0.25) is 0 Å². The maximum atomic E-state index is 10.1. The lowest BCUT2D eigenvalue weighted by molar-refractivity contribution is 0.0357. The number of halogens is 1. The minimum absolute atomic E-state index is 0.450. The summed E-state index contributed by atoms with van der Waals surface area (Å²) in [6, 6.07) is 1.99. The molecule has 1 aromatic rings. The summed E-state index contributed by atoms with van der Waals surface area (Å²) < 4.78 is 5.91. The summed E-state index contributed by atoms with van der Waals surface area (Å²) in [5.41, 5.74) is 0.249. The van der Waals surface area contributed by atoms with E-state index in [2.05, 4.69) is 26.2 Å². The van der Waals surface area contributed by atoms with Crippen LogP contribution in [0.4, 0.5) is 5.82 Å². The van der Waals surface area contributed by atoms with Crippen molar-refractivity contribution >= 4 is 21.7 Å². The van der Waals surface area contributed by atoms with E-state index < -0.39 is 5.60 Å². The minimum Gasteiger partial charge on any atom is -0.388 e. The van der Waals surface area contributed by atoms with Gasteiger partial charge in [0.05, 0.1) is 5.60 Å². The van der Waals surface area contributed by atoms with Crippen LogP contribution in [0.15, 0.2) is 16.7 Å². The van der Waals surface area contributed by atoms with Crippen molar-refractivity contribution in [3.05, 3.63) is 22.3 Å². The third kappa shape index (κ3) is 5.02. The summed E-state index contributed by atoms with van der Waals surface area (Å²) in [5.74, 6) is 0.797. The molecule has 1 atom stereocenters. The van der Waals surface area contributed by atoms with E-state index in [1.54, 1.807) is 20.2 Å². The monoisotopic (exact) mass is 302 g/mol. The van der Waals surface area contributed by atoms with Crippen LogP contribution in [-0.4, -0.2) is 36.0 Å². The first-order chi connectivity index (χ1) is 7.94. The Labute approximate surface area is 111 Å². The third-order valence-corrected chi connectivity index (χ3v) is 2.96. The van der Waals surface area contributed by atoms with Gasteiger partial charge >= 0.3 is 0 Å². The molecule has 0 aliphatic carbocycles. The second-order valence-electron chi connectivity index (χ2n) is 4.41. The Bertz CT molecular complexity index is 370. The Balaban J connectivity index is 2.54. The minimum atomic E-state index is -0.794. The molecule has 0 aromatic carbocycles. The molecule has 1 heterocycles. The average molecular weight is 303 g/mol. The number of aromatic nitrogens is 1. The molecule has 0 aliphatic heterocycles. The number of aliphatic hydroxyl groups is 1. The van der Waals surface area contributed by atoms with E-state index in [4.69, 9.17) is 4.74 Å². The Morgan fingerprint density at radius 1 is 1.59 bits per heavy atom. The quantitative estimate of drug-likeness (QED) is 0.847. The van der Waals surface area contributed by atoms with Crippen LogP contribution in [0.5, 0.6) is 0 Å². The first-order valence-electron chi connectivity index (χ1n) is 5.52. The van der Waals surface area contributed by atoms with E-state index in [0.717, 1.165) is 15.9 Å². The topological polar surface area (TPSA) is 54.4 Å². The van der Waals surface area contributed by atoms with Crippen LogP contribution in [0, 0.1) is 6.92 Å². The highest BCUT2D eigenvalue weighted by Gasteiger charge is 2.20. The molecule has 96 valence electrons. The summed E-state index contributed by atoms with van der Waals surface area (Å²) in [6.07, 6.45) is 2.32. The van der Waals surface area contributed by atoms with Gasteiger partial charge in [-0.15, -0.1) is 0 Å². The highest BCUT2D eigenvalue weighted by molar-refractivity contribution is 9.10. The molecule has 0 aliphatic rings. The zero-order valence-electron chi connectivity index (χ0n) is 10.5. The number of nitrogens with one attached hydrogen (secondary N) is 1. The third-order valence-electron chi connectivity index (χ3n) is 2.53. The molecule has 1 unspecified atom stereocenters. The first kappa shape index (κ1) is 14.4. The van der Waals surface area contributed by atoms with E-state index in [1.807, 2.05) is 13.0 Å². The molecule has 0 bridgehead atoms. The Morgan fingerprint density at radius 3 is 2.88 bits per heavy atom. The van der Waals surface area contributed by atoms with Crippen molar-refractivity contribution in [1.29, 1.82) is 0 Å². The van der Waals surface area contributed by atoms with Gasteiger partial charge in [0.2, 0.25) is 0 Å². The molecule has 2 N–H and O–H groups in total. The van der Waals surface area contributed by atoms with E-state index in [-0.39, 0.29) is 0 Å². The van der Waals surface area contributed by atoms with Gasteiger partial charge in [-0.1, -0.05) is 0 Å². The average Bonchev–Trinajstić information content (AvgIpc) is 2.25. The molecule has 0 amide bonds. The van der Waals surface area contributed by atoms with Gasteiger partial charge in [-0.2, -0.15) is 0 Å². The lowest BCUT2D eigenvalue weighted by atomic mass is 10.0. The fourth-order valence-corrected chi connectivity index (χ4v) is 1.86. The number of hydrogen-bond acceptors (Lipinski definition) is 4.